The van der Waals surface area contributed by atoms with E-state index < -0.39 is 28.5 Å². The summed E-state index contributed by atoms with van der Waals surface area (Å²) >= 11 is 7.06. The van der Waals surface area contributed by atoms with Gasteiger partial charge >= 0.3 is 5.97 Å². The first-order valence-corrected chi connectivity index (χ1v) is 12.6. The third kappa shape index (κ3) is 6.56. The molecule has 0 saturated heterocycles. The van der Waals surface area contributed by atoms with Crippen molar-refractivity contribution in [3.8, 4) is 5.75 Å². The number of ether oxygens (including phenoxy) is 1. The molecule has 0 aliphatic carbocycles. The van der Waals surface area contributed by atoms with Crippen LogP contribution in [0.4, 0.5) is 5.69 Å². The summed E-state index contributed by atoms with van der Waals surface area (Å²) in [5.74, 6) is -1.55. The Morgan fingerprint density at radius 2 is 2.00 bits per heavy atom. The predicted molar refractivity (Wildman–Crippen MR) is 131 cm³/mol. The molecule has 0 aliphatic rings. The molecule has 0 unspecified atom stereocenters. The van der Waals surface area contributed by atoms with Gasteiger partial charge in [-0.15, -0.1) is 11.3 Å². The van der Waals surface area contributed by atoms with Crippen LogP contribution in [0.1, 0.15) is 28.4 Å². The number of benzene rings is 2. The number of amides is 1. The van der Waals surface area contributed by atoms with Gasteiger partial charge in [-0.2, -0.15) is 5.10 Å². The summed E-state index contributed by atoms with van der Waals surface area (Å²) < 4.78 is 32.9. The van der Waals surface area contributed by atoms with Gasteiger partial charge in [-0.05, 0) is 53.8 Å². The summed E-state index contributed by atoms with van der Waals surface area (Å²) in [7, 11) is -3.89. The number of carboxylic acids is 1. The van der Waals surface area contributed by atoms with Crippen LogP contribution >= 0.6 is 22.9 Å². The van der Waals surface area contributed by atoms with E-state index in [0.29, 0.717) is 5.56 Å². The molecule has 178 valence electrons. The molecule has 1 aromatic heterocycles. The molecule has 1 heterocycles. The molecule has 0 radical (unpaired) electrons. The van der Waals surface area contributed by atoms with E-state index in [-0.39, 0.29) is 26.2 Å². The molecule has 34 heavy (non-hydrogen) atoms. The molecule has 0 atom stereocenters. The van der Waals surface area contributed by atoms with Gasteiger partial charge in [0.05, 0.1) is 17.5 Å². The Hall–Kier alpha value is -3.41. The summed E-state index contributed by atoms with van der Waals surface area (Å²) in [5, 5.41) is 14.6. The number of nitrogens with zero attached hydrogens (tertiary/aromatic N) is 1. The molecule has 2 aromatic carbocycles. The highest BCUT2D eigenvalue weighted by molar-refractivity contribution is 7.94. The molecule has 0 aliphatic heterocycles. The number of anilines is 1. The number of carboxylic acid groups (broad SMARTS) is 1. The third-order valence-electron chi connectivity index (χ3n) is 4.43. The molecule has 3 N–H and O–H groups in total. The second kappa shape index (κ2) is 11.1. The Kier molecular flexibility index (Phi) is 8.26. The average Bonchev–Trinajstić information content (AvgIpc) is 3.35. The van der Waals surface area contributed by atoms with Crippen molar-refractivity contribution in [2.45, 2.75) is 17.6 Å². The van der Waals surface area contributed by atoms with Crippen molar-refractivity contribution in [1.29, 1.82) is 0 Å². The largest absolute Gasteiger partial charge is 0.481 e. The van der Waals surface area contributed by atoms with E-state index >= 15 is 0 Å². The van der Waals surface area contributed by atoms with Gasteiger partial charge < -0.3 is 9.84 Å². The fourth-order valence-electron chi connectivity index (χ4n) is 2.82. The second-order valence-electron chi connectivity index (χ2n) is 6.83. The van der Waals surface area contributed by atoms with Crippen molar-refractivity contribution in [3.05, 3.63) is 75.6 Å². The van der Waals surface area contributed by atoms with Gasteiger partial charge in [-0.3, -0.25) is 9.52 Å². The van der Waals surface area contributed by atoms with Crippen LogP contribution in [0.5, 0.6) is 5.75 Å². The number of sulfonamides is 1. The number of carbonyl (C=O) groups excluding carboxylic acids is 1. The van der Waals surface area contributed by atoms with Gasteiger partial charge in [0.25, 0.3) is 15.9 Å². The van der Waals surface area contributed by atoms with Crippen molar-refractivity contribution in [2.75, 3.05) is 11.3 Å². The van der Waals surface area contributed by atoms with E-state index in [0.717, 1.165) is 23.3 Å². The molecule has 12 heteroatoms. The first-order chi connectivity index (χ1) is 16.2. The molecule has 0 spiro atoms. The fraction of sp³-hybridized carbons (Fsp3) is 0.136. The summed E-state index contributed by atoms with van der Waals surface area (Å²) in [6.45, 7) is 1.42. The maximum absolute atomic E-state index is 12.8. The number of halogens is 1. The Morgan fingerprint density at radius 3 is 2.68 bits per heavy atom. The van der Waals surface area contributed by atoms with Crippen LogP contribution in [0.3, 0.4) is 0 Å². The maximum atomic E-state index is 12.8. The number of aliphatic carboxylic acids is 1. The van der Waals surface area contributed by atoms with Crippen LogP contribution in [-0.4, -0.2) is 38.2 Å². The van der Waals surface area contributed by atoms with Crippen LogP contribution in [-0.2, 0) is 21.2 Å². The van der Waals surface area contributed by atoms with Crippen LogP contribution in [0.2, 0.25) is 5.02 Å². The first-order valence-electron chi connectivity index (χ1n) is 9.86. The van der Waals surface area contributed by atoms with Crippen molar-refractivity contribution in [1.82, 2.24) is 5.43 Å². The Morgan fingerprint density at radius 1 is 1.21 bits per heavy atom. The standard InChI is InChI=1S/C22H20ClN3O6S2/c1-2-14-5-8-19(32-13-20(27)28)15(10-14)12-24-25-22(29)17-11-16(23)6-7-18(17)26-34(30,31)21-4-3-9-33-21/h3-12,26H,2,13H2,1H3,(H,25,29)(H,27,28). The third-order valence-corrected chi connectivity index (χ3v) is 7.43. The molecule has 9 nitrogen and oxygen atoms in total. The molecule has 1 amide bonds. The summed E-state index contributed by atoms with van der Waals surface area (Å²) in [6.07, 6.45) is 2.04. The fourth-order valence-corrected chi connectivity index (χ4v) is 5.06. The van der Waals surface area contributed by atoms with E-state index in [2.05, 4.69) is 15.2 Å². The second-order valence-corrected chi connectivity index (χ2v) is 10.1. The van der Waals surface area contributed by atoms with Crippen LogP contribution in [0.25, 0.3) is 0 Å². The van der Waals surface area contributed by atoms with Crippen molar-refractivity contribution >= 4 is 56.7 Å². The minimum absolute atomic E-state index is 0.0314. The minimum Gasteiger partial charge on any atom is -0.481 e. The van der Waals surface area contributed by atoms with Crippen molar-refractivity contribution in [3.63, 3.8) is 0 Å². The monoisotopic (exact) mass is 521 g/mol. The maximum Gasteiger partial charge on any atom is 0.341 e. The Labute approximate surface area is 205 Å². The highest BCUT2D eigenvalue weighted by atomic mass is 35.5. The number of hydrazone groups is 1. The van der Waals surface area contributed by atoms with Crippen LogP contribution < -0.4 is 14.9 Å². The lowest BCUT2D eigenvalue weighted by molar-refractivity contribution is -0.139. The van der Waals surface area contributed by atoms with Gasteiger partial charge in [0.2, 0.25) is 0 Å². The SMILES string of the molecule is CCc1ccc(OCC(=O)O)c(C=NNC(=O)c2cc(Cl)ccc2NS(=O)(=O)c2cccs2)c1. The van der Waals surface area contributed by atoms with Gasteiger partial charge in [0.15, 0.2) is 6.61 Å². The highest BCUT2D eigenvalue weighted by Crippen LogP contribution is 2.25. The van der Waals surface area contributed by atoms with E-state index in [9.17, 15) is 18.0 Å². The summed E-state index contributed by atoms with van der Waals surface area (Å²) in [4.78, 5) is 23.6. The van der Waals surface area contributed by atoms with Gasteiger partial charge in [0.1, 0.15) is 9.96 Å². The first kappa shape index (κ1) is 25.2. The summed E-state index contributed by atoms with van der Waals surface area (Å²) in [6, 6.07) is 12.4. The van der Waals surface area contributed by atoms with E-state index in [4.69, 9.17) is 21.4 Å². The molecule has 0 fully saturated rings. The lowest BCUT2D eigenvalue weighted by Gasteiger charge is -2.11. The number of hydrogen-bond donors (Lipinski definition) is 3. The van der Waals surface area contributed by atoms with E-state index in [1.54, 1.807) is 29.6 Å². The number of hydrogen-bond acceptors (Lipinski definition) is 7. The van der Waals surface area contributed by atoms with Crippen molar-refractivity contribution < 1.29 is 27.9 Å². The number of thiophene rings is 1. The lowest BCUT2D eigenvalue weighted by atomic mass is 10.1. The van der Waals surface area contributed by atoms with Gasteiger partial charge in [-0.1, -0.05) is 30.7 Å². The molecule has 3 rings (SSSR count). The number of aryl methyl sites for hydroxylation is 1. The normalized spacial score (nSPS) is 11.4. The Balaban J connectivity index is 1.81. The zero-order valence-electron chi connectivity index (χ0n) is 17.8. The zero-order valence-corrected chi connectivity index (χ0v) is 20.2. The van der Waals surface area contributed by atoms with E-state index in [1.807, 2.05) is 6.92 Å². The number of carbonyl (C=O) groups is 2. The molecule has 3 aromatic rings. The summed E-state index contributed by atoms with van der Waals surface area (Å²) in [5.41, 5.74) is 3.75. The molecule has 0 saturated carbocycles. The van der Waals surface area contributed by atoms with Crippen LogP contribution in [0.15, 0.2) is 63.2 Å². The average molecular weight is 522 g/mol. The van der Waals surface area contributed by atoms with Crippen molar-refractivity contribution in [2.24, 2.45) is 5.10 Å². The highest BCUT2D eigenvalue weighted by Gasteiger charge is 2.20. The van der Waals surface area contributed by atoms with Gasteiger partial charge in [0, 0.05) is 10.6 Å². The smallest absolute Gasteiger partial charge is 0.341 e. The molecular weight excluding hydrogens is 502 g/mol. The molecule has 0 bridgehead atoms. The zero-order chi connectivity index (χ0) is 24.7. The van der Waals surface area contributed by atoms with Crippen LogP contribution in [0, 0.1) is 0 Å². The van der Waals surface area contributed by atoms with E-state index in [1.165, 1.54) is 30.5 Å². The minimum atomic E-state index is -3.89. The number of rotatable bonds is 10. The topological polar surface area (TPSA) is 134 Å². The predicted octanol–water partition coefficient (Wildman–Crippen LogP) is 3.99. The molecular formula is C22H20ClN3O6S2. The van der Waals surface area contributed by atoms with Gasteiger partial charge in [-0.25, -0.2) is 18.6 Å². The lowest BCUT2D eigenvalue weighted by Crippen LogP contribution is -2.21. The quantitative estimate of drug-likeness (QED) is 0.273. The Bertz CT molecular complexity index is 1320. The number of nitrogens with one attached hydrogen (secondary N) is 2.